The molecule has 1 amide bonds. The van der Waals surface area contributed by atoms with Crippen molar-refractivity contribution >= 4 is 33.2 Å². The van der Waals surface area contributed by atoms with Crippen LogP contribution in [0.4, 0.5) is 5.69 Å². The number of hydrogen-bond acceptors (Lipinski definition) is 3. The lowest BCUT2D eigenvalue weighted by Gasteiger charge is -2.30. The van der Waals surface area contributed by atoms with E-state index in [-0.39, 0.29) is 16.7 Å². The van der Waals surface area contributed by atoms with Gasteiger partial charge in [-0.3, -0.25) is 4.79 Å². The fourth-order valence-corrected chi connectivity index (χ4v) is 4.90. The van der Waals surface area contributed by atoms with E-state index < -0.39 is 10.0 Å². The molecule has 1 fully saturated rings. The van der Waals surface area contributed by atoms with Crippen molar-refractivity contribution in [3.05, 3.63) is 59.1 Å². The van der Waals surface area contributed by atoms with Gasteiger partial charge in [0.05, 0.1) is 4.90 Å². The number of rotatable bonds is 5. The van der Waals surface area contributed by atoms with Gasteiger partial charge in [0.25, 0.3) is 0 Å². The molecule has 2 aromatic rings. The second-order valence-corrected chi connectivity index (χ2v) is 9.01. The van der Waals surface area contributed by atoms with Crippen LogP contribution in [0, 0.1) is 5.92 Å². The molecule has 1 heterocycles. The number of hydrogen-bond donors (Lipinski definition) is 1. The van der Waals surface area contributed by atoms with Crippen LogP contribution >= 0.6 is 11.6 Å². The molecule has 5 nitrogen and oxygen atoms in total. The fourth-order valence-electron chi connectivity index (χ4n) is 3.30. The number of carbonyl (C=O) groups excluding carboxylic acids is 1. The molecule has 0 spiro atoms. The van der Waals surface area contributed by atoms with Gasteiger partial charge in [-0.05, 0) is 55.2 Å². The summed E-state index contributed by atoms with van der Waals surface area (Å²) in [6.45, 7) is 2.71. The van der Waals surface area contributed by atoms with E-state index in [0.717, 1.165) is 17.7 Å². The first-order valence-electron chi connectivity index (χ1n) is 9.06. The fraction of sp³-hybridized carbons (Fsp3) is 0.350. The van der Waals surface area contributed by atoms with Gasteiger partial charge in [0, 0.05) is 29.7 Å². The molecule has 1 aliphatic rings. The average Bonchev–Trinajstić information content (AvgIpc) is 2.69. The second-order valence-electron chi connectivity index (χ2n) is 6.63. The highest BCUT2D eigenvalue weighted by Crippen LogP contribution is 2.26. The summed E-state index contributed by atoms with van der Waals surface area (Å²) in [4.78, 5) is 12.8. The number of halogens is 1. The number of piperidine rings is 1. The molecule has 0 bridgehead atoms. The first-order valence-corrected chi connectivity index (χ1v) is 10.9. The van der Waals surface area contributed by atoms with Crippen LogP contribution in [0.15, 0.2) is 53.4 Å². The third kappa shape index (κ3) is 4.51. The quantitative estimate of drug-likeness (QED) is 0.817. The molecular weight excluding hydrogens is 384 g/mol. The minimum atomic E-state index is -3.55. The van der Waals surface area contributed by atoms with Gasteiger partial charge in [-0.2, -0.15) is 4.31 Å². The maximum Gasteiger partial charge on any atom is 0.243 e. The predicted octanol–water partition coefficient (Wildman–Crippen LogP) is 3.94. The molecule has 144 valence electrons. The van der Waals surface area contributed by atoms with E-state index in [1.165, 1.54) is 16.4 Å². The number of anilines is 1. The van der Waals surface area contributed by atoms with Crippen LogP contribution in [0.5, 0.6) is 0 Å². The summed E-state index contributed by atoms with van der Waals surface area (Å²) >= 11 is 5.84. The highest BCUT2D eigenvalue weighted by atomic mass is 35.5. The molecule has 7 heteroatoms. The van der Waals surface area contributed by atoms with Crippen LogP contribution in [-0.2, 0) is 21.2 Å². The molecule has 2 aromatic carbocycles. The molecule has 1 N–H and O–H groups in total. The standard InChI is InChI=1S/C20H23ClN2O3S/c1-2-15-5-3-4-6-19(15)22-20(24)16-11-13-23(14-12-16)27(25,26)18-9-7-17(21)8-10-18/h3-10,16H,2,11-14H2,1H3,(H,22,24). The van der Waals surface area contributed by atoms with E-state index in [1.54, 1.807) is 12.1 Å². The number of aryl methyl sites for hydroxylation is 1. The van der Waals surface area contributed by atoms with Crippen molar-refractivity contribution in [3.8, 4) is 0 Å². The number of para-hydroxylation sites is 1. The van der Waals surface area contributed by atoms with E-state index >= 15 is 0 Å². The number of amides is 1. The zero-order valence-electron chi connectivity index (χ0n) is 15.2. The molecule has 1 aliphatic heterocycles. The van der Waals surface area contributed by atoms with E-state index in [9.17, 15) is 13.2 Å². The lowest BCUT2D eigenvalue weighted by molar-refractivity contribution is -0.120. The van der Waals surface area contributed by atoms with Crippen LogP contribution in [-0.4, -0.2) is 31.7 Å². The highest BCUT2D eigenvalue weighted by Gasteiger charge is 2.32. The van der Waals surface area contributed by atoms with Crippen molar-refractivity contribution in [2.24, 2.45) is 5.92 Å². The molecule has 0 atom stereocenters. The Hall–Kier alpha value is -1.89. The molecule has 0 radical (unpaired) electrons. The van der Waals surface area contributed by atoms with Gasteiger partial charge in [0.1, 0.15) is 0 Å². The van der Waals surface area contributed by atoms with E-state index in [1.807, 2.05) is 31.2 Å². The summed E-state index contributed by atoms with van der Waals surface area (Å²) in [7, 11) is -3.55. The number of sulfonamides is 1. The van der Waals surface area contributed by atoms with E-state index in [2.05, 4.69) is 5.32 Å². The third-order valence-electron chi connectivity index (χ3n) is 4.93. The summed E-state index contributed by atoms with van der Waals surface area (Å²) in [5.74, 6) is -0.231. The first kappa shape index (κ1) is 19.9. The maximum atomic E-state index is 12.7. The number of nitrogens with zero attached hydrogens (tertiary/aromatic N) is 1. The Morgan fingerprint density at radius 1 is 1.11 bits per heavy atom. The number of benzene rings is 2. The molecule has 0 aromatic heterocycles. The van der Waals surface area contributed by atoms with Gasteiger partial charge >= 0.3 is 0 Å². The SMILES string of the molecule is CCc1ccccc1NC(=O)C1CCN(S(=O)(=O)c2ccc(Cl)cc2)CC1. The van der Waals surface area contributed by atoms with Crippen molar-refractivity contribution in [1.29, 1.82) is 0 Å². The van der Waals surface area contributed by atoms with Crippen LogP contribution in [0.2, 0.25) is 5.02 Å². The summed E-state index contributed by atoms with van der Waals surface area (Å²) in [6.07, 6.45) is 1.86. The Labute approximate surface area is 165 Å². The number of nitrogens with one attached hydrogen (secondary N) is 1. The van der Waals surface area contributed by atoms with Gasteiger partial charge in [0.2, 0.25) is 15.9 Å². The van der Waals surface area contributed by atoms with Crippen molar-refractivity contribution < 1.29 is 13.2 Å². The molecule has 0 saturated carbocycles. The monoisotopic (exact) mass is 406 g/mol. The van der Waals surface area contributed by atoms with Crippen molar-refractivity contribution in [3.63, 3.8) is 0 Å². The van der Waals surface area contributed by atoms with Crippen LogP contribution in [0.1, 0.15) is 25.3 Å². The Morgan fingerprint density at radius 3 is 2.37 bits per heavy atom. The topological polar surface area (TPSA) is 66.5 Å². The van der Waals surface area contributed by atoms with Gasteiger partial charge in [-0.1, -0.05) is 36.7 Å². The molecular formula is C20H23ClN2O3S. The largest absolute Gasteiger partial charge is 0.326 e. The van der Waals surface area contributed by atoms with Gasteiger partial charge in [-0.15, -0.1) is 0 Å². The van der Waals surface area contributed by atoms with Gasteiger partial charge in [-0.25, -0.2) is 8.42 Å². The number of carbonyl (C=O) groups is 1. The third-order valence-corrected chi connectivity index (χ3v) is 7.10. The van der Waals surface area contributed by atoms with Gasteiger partial charge in [0.15, 0.2) is 0 Å². The van der Waals surface area contributed by atoms with Gasteiger partial charge < -0.3 is 5.32 Å². The molecule has 0 aliphatic carbocycles. The van der Waals surface area contributed by atoms with Crippen molar-refractivity contribution in [1.82, 2.24) is 4.31 Å². The molecule has 3 rings (SSSR count). The van der Waals surface area contributed by atoms with E-state index in [4.69, 9.17) is 11.6 Å². The van der Waals surface area contributed by atoms with Crippen LogP contribution in [0.3, 0.4) is 0 Å². The average molecular weight is 407 g/mol. The van der Waals surface area contributed by atoms with Crippen LogP contribution < -0.4 is 5.32 Å². The summed E-state index contributed by atoms with van der Waals surface area (Å²) in [5, 5.41) is 3.50. The normalized spacial score (nSPS) is 16.2. The summed E-state index contributed by atoms with van der Waals surface area (Å²) < 4.78 is 26.9. The Bertz CT molecular complexity index is 905. The van der Waals surface area contributed by atoms with Crippen molar-refractivity contribution in [2.75, 3.05) is 18.4 Å². The zero-order valence-corrected chi connectivity index (χ0v) is 16.8. The smallest absolute Gasteiger partial charge is 0.243 e. The molecule has 1 saturated heterocycles. The lowest BCUT2D eigenvalue weighted by atomic mass is 9.97. The Morgan fingerprint density at radius 2 is 1.74 bits per heavy atom. The summed E-state index contributed by atoms with van der Waals surface area (Å²) in [5.41, 5.74) is 1.93. The second kappa shape index (κ2) is 8.42. The minimum Gasteiger partial charge on any atom is -0.326 e. The lowest BCUT2D eigenvalue weighted by Crippen LogP contribution is -2.41. The Kier molecular flexibility index (Phi) is 6.19. The highest BCUT2D eigenvalue weighted by molar-refractivity contribution is 7.89. The molecule has 0 unspecified atom stereocenters. The minimum absolute atomic E-state index is 0.0422. The molecule has 27 heavy (non-hydrogen) atoms. The van der Waals surface area contributed by atoms with Crippen molar-refractivity contribution in [2.45, 2.75) is 31.1 Å². The Balaban J connectivity index is 1.63. The van der Waals surface area contributed by atoms with Crippen LogP contribution in [0.25, 0.3) is 0 Å². The first-order chi connectivity index (χ1) is 12.9. The maximum absolute atomic E-state index is 12.7. The van der Waals surface area contributed by atoms with E-state index in [0.29, 0.717) is 31.0 Å². The predicted molar refractivity (Wildman–Crippen MR) is 107 cm³/mol. The zero-order chi connectivity index (χ0) is 19.4. The summed E-state index contributed by atoms with van der Waals surface area (Å²) in [6, 6.07) is 13.9.